The topological polar surface area (TPSA) is 0 Å². The summed E-state index contributed by atoms with van der Waals surface area (Å²) in [5.74, 6) is 0. The van der Waals surface area contributed by atoms with Crippen LogP contribution in [0.5, 0.6) is 0 Å². The number of hydrogen-bond donors (Lipinski definition) is 0. The van der Waals surface area contributed by atoms with Crippen LogP contribution in [-0.2, 0) is 0 Å². The van der Waals surface area contributed by atoms with Crippen molar-refractivity contribution < 1.29 is 0 Å². The molecule has 0 radical (unpaired) electrons. The van der Waals surface area contributed by atoms with Gasteiger partial charge in [-0.25, -0.2) is 0 Å². The molecule has 0 fully saturated rings. The van der Waals surface area contributed by atoms with Crippen molar-refractivity contribution in [3.63, 3.8) is 0 Å². The highest BCUT2D eigenvalue weighted by molar-refractivity contribution is 4.93. The molecule has 0 aromatic carbocycles. The molecule has 0 rings (SSSR count). The van der Waals surface area contributed by atoms with Crippen LogP contribution in [0.1, 0.15) is 53.4 Å². The Labute approximate surface area is 71.7 Å². The summed E-state index contributed by atoms with van der Waals surface area (Å²) in [6, 6.07) is 0. The van der Waals surface area contributed by atoms with E-state index in [2.05, 4.69) is 34.3 Å². The molecule has 0 saturated heterocycles. The van der Waals surface area contributed by atoms with E-state index in [4.69, 9.17) is 0 Å². The molecular weight excluding hydrogens is 132 g/mol. The molecule has 0 saturated carbocycles. The minimum atomic E-state index is 0.512. The molecule has 66 valence electrons. The maximum absolute atomic E-state index is 4.01. The van der Waals surface area contributed by atoms with E-state index in [-0.39, 0.29) is 0 Å². The molecule has 0 spiro atoms. The van der Waals surface area contributed by atoms with Gasteiger partial charge >= 0.3 is 0 Å². The van der Waals surface area contributed by atoms with Gasteiger partial charge in [0.1, 0.15) is 0 Å². The van der Waals surface area contributed by atoms with Crippen molar-refractivity contribution in [2.45, 2.75) is 53.4 Å². The summed E-state index contributed by atoms with van der Waals surface area (Å²) in [4.78, 5) is 0. The van der Waals surface area contributed by atoms with Gasteiger partial charge in [-0.15, -0.1) is 0 Å². The van der Waals surface area contributed by atoms with Crippen LogP contribution in [0.15, 0.2) is 12.2 Å². The minimum Gasteiger partial charge on any atom is -0.0999 e. The fraction of sp³-hybridized carbons (Fsp3) is 0.818. The second-order valence-electron chi connectivity index (χ2n) is 4.12. The summed E-state index contributed by atoms with van der Waals surface area (Å²) in [6.07, 6.45) is 4.90. The average Bonchev–Trinajstić information content (AvgIpc) is 2.00. The zero-order chi connectivity index (χ0) is 8.91. The molecule has 0 unspecified atom stereocenters. The lowest BCUT2D eigenvalue weighted by Gasteiger charge is -2.22. The molecule has 0 aromatic rings. The third-order valence-corrected chi connectivity index (χ3v) is 2.61. The molecule has 0 nitrogen and oxygen atoms in total. The fourth-order valence-corrected chi connectivity index (χ4v) is 0.869. The summed E-state index contributed by atoms with van der Waals surface area (Å²) in [7, 11) is 0. The van der Waals surface area contributed by atoms with Crippen molar-refractivity contribution >= 4 is 0 Å². The summed E-state index contributed by atoms with van der Waals surface area (Å²) >= 11 is 0. The Morgan fingerprint density at radius 3 is 2.18 bits per heavy atom. The maximum atomic E-state index is 4.01. The summed E-state index contributed by atoms with van der Waals surface area (Å²) < 4.78 is 0. The Morgan fingerprint density at radius 1 is 1.27 bits per heavy atom. The van der Waals surface area contributed by atoms with E-state index in [1.165, 1.54) is 24.8 Å². The molecule has 0 aliphatic heterocycles. The Balaban J connectivity index is 3.61. The predicted octanol–water partition coefficient (Wildman–Crippen LogP) is 4.17. The third-order valence-electron chi connectivity index (χ3n) is 2.61. The molecule has 0 amide bonds. The molecule has 0 aromatic heterocycles. The smallest absolute Gasteiger partial charge is 0.0318 e. The van der Waals surface area contributed by atoms with Gasteiger partial charge < -0.3 is 0 Å². The monoisotopic (exact) mass is 154 g/mol. The molecule has 0 N–H and O–H groups in total. The van der Waals surface area contributed by atoms with Crippen LogP contribution in [0.2, 0.25) is 0 Å². The quantitative estimate of drug-likeness (QED) is 0.521. The highest BCUT2D eigenvalue weighted by Crippen LogP contribution is 2.28. The van der Waals surface area contributed by atoms with Gasteiger partial charge in [0.25, 0.3) is 0 Å². The molecule has 0 aliphatic rings. The predicted molar refractivity (Wildman–Crippen MR) is 52.7 cm³/mol. The highest BCUT2D eigenvalue weighted by Gasteiger charge is 2.14. The van der Waals surface area contributed by atoms with Gasteiger partial charge in [0, 0.05) is 0 Å². The minimum absolute atomic E-state index is 0.512. The fourth-order valence-electron chi connectivity index (χ4n) is 0.869. The third kappa shape index (κ3) is 5.06. The first-order valence-electron chi connectivity index (χ1n) is 4.68. The van der Waals surface area contributed by atoms with Crippen LogP contribution in [-0.4, -0.2) is 0 Å². The lowest BCUT2D eigenvalue weighted by atomic mass is 9.84. The van der Waals surface area contributed by atoms with Crippen LogP contribution in [0.3, 0.4) is 0 Å². The lowest BCUT2D eigenvalue weighted by Crippen LogP contribution is -2.09. The van der Waals surface area contributed by atoms with Gasteiger partial charge in [0.2, 0.25) is 0 Å². The second-order valence-corrected chi connectivity index (χ2v) is 4.12. The van der Waals surface area contributed by atoms with Crippen LogP contribution in [0.25, 0.3) is 0 Å². The number of rotatable bonds is 5. The van der Waals surface area contributed by atoms with E-state index in [1.54, 1.807) is 0 Å². The van der Waals surface area contributed by atoms with Crippen molar-refractivity contribution in [1.82, 2.24) is 0 Å². The Bertz CT molecular complexity index is 120. The Kier molecular flexibility index (Phi) is 4.48. The van der Waals surface area contributed by atoms with Gasteiger partial charge in [-0.3, -0.25) is 0 Å². The molecule has 0 aliphatic carbocycles. The normalized spacial score (nSPS) is 11.6. The second kappa shape index (κ2) is 4.58. The number of hydrogen-bond acceptors (Lipinski definition) is 0. The van der Waals surface area contributed by atoms with E-state index in [9.17, 15) is 0 Å². The molecular formula is C11H22. The van der Waals surface area contributed by atoms with Crippen molar-refractivity contribution in [1.29, 1.82) is 0 Å². The molecule has 0 heteroatoms. The van der Waals surface area contributed by atoms with Gasteiger partial charge in [-0.2, -0.15) is 0 Å². The first kappa shape index (κ1) is 10.7. The van der Waals surface area contributed by atoms with Crippen molar-refractivity contribution in [3.8, 4) is 0 Å². The zero-order valence-corrected chi connectivity index (χ0v) is 8.54. The van der Waals surface area contributed by atoms with Crippen LogP contribution in [0.4, 0.5) is 0 Å². The summed E-state index contributed by atoms with van der Waals surface area (Å²) in [5.41, 5.74) is 1.91. The first-order chi connectivity index (χ1) is 5.02. The summed E-state index contributed by atoms with van der Waals surface area (Å²) in [5, 5.41) is 0. The summed E-state index contributed by atoms with van der Waals surface area (Å²) in [6.45, 7) is 13.1. The molecule has 0 heterocycles. The standard InChI is InChI=1S/C11H22/c1-6-10(3)8-9-11(4,5)7-2/h3,6-9H2,1-2,4-5H3. The van der Waals surface area contributed by atoms with E-state index in [0.717, 1.165) is 6.42 Å². The van der Waals surface area contributed by atoms with Crippen LogP contribution < -0.4 is 0 Å². The molecule has 0 bridgehead atoms. The van der Waals surface area contributed by atoms with E-state index < -0.39 is 0 Å². The van der Waals surface area contributed by atoms with E-state index in [1.807, 2.05) is 0 Å². The zero-order valence-electron chi connectivity index (χ0n) is 8.54. The van der Waals surface area contributed by atoms with Gasteiger partial charge in [0.15, 0.2) is 0 Å². The first-order valence-corrected chi connectivity index (χ1v) is 4.68. The van der Waals surface area contributed by atoms with Crippen molar-refractivity contribution in [2.24, 2.45) is 5.41 Å². The van der Waals surface area contributed by atoms with Gasteiger partial charge in [-0.05, 0) is 24.7 Å². The van der Waals surface area contributed by atoms with Crippen LogP contribution >= 0.6 is 0 Å². The van der Waals surface area contributed by atoms with Crippen molar-refractivity contribution in [2.75, 3.05) is 0 Å². The number of allylic oxidation sites excluding steroid dienone is 1. The van der Waals surface area contributed by atoms with E-state index in [0.29, 0.717) is 5.41 Å². The van der Waals surface area contributed by atoms with Crippen LogP contribution in [0, 0.1) is 5.41 Å². The maximum Gasteiger partial charge on any atom is -0.0318 e. The van der Waals surface area contributed by atoms with Gasteiger partial charge in [0.05, 0.1) is 0 Å². The van der Waals surface area contributed by atoms with Crippen molar-refractivity contribution in [3.05, 3.63) is 12.2 Å². The largest absolute Gasteiger partial charge is 0.0999 e. The van der Waals surface area contributed by atoms with E-state index >= 15 is 0 Å². The lowest BCUT2D eigenvalue weighted by molar-refractivity contribution is 0.321. The molecule has 0 atom stereocenters. The van der Waals surface area contributed by atoms with Gasteiger partial charge in [-0.1, -0.05) is 46.3 Å². The average molecular weight is 154 g/mol. The Hall–Kier alpha value is -0.260. The Morgan fingerprint density at radius 2 is 1.82 bits per heavy atom. The molecule has 11 heavy (non-hydrogen) atoms. The SMILES string of the molecule is C=C(CC)CCC(C)(C)CC. The highest BCUT2D eigenvalue weighted by atomic mass is 14.2.